The van der Waals surface area contributed by atoms with E-state index >= 15 is 0 Å². The minimum absolute atomic E-state index is 0.00111. The van der Waals surface area contributed by atoms with Crippen molar-refractivity contribution >= 4 is 17.2 Å². The highest BCUT2D eigenvalue weighted by Crippen LogP contribution is 2.38. The second-order valence-corrected chi connectivity index (χ2v) is 6.88. The summed E-state index contributed by atoms with van der Waals surface area (Å²) in [5, 5.41) is 2.12. The zero-order chi connectivity index (χ0) is 16.5. The summed E-state index contributed by atoms with van der Waals surface area (Å²) in [4.78, 5) is 24.7. The summed E-state index contributed by atoms with van der Waals surface area (Å²) in [6, 6.07) is 12.3. The van der Waals surface area contributed by atoms with Crippen molar-refractivity contribution < 1.29 is 4.79 Å². The van der Waals surface area contributed by atoms with Gasteiger partial charge in [-0.15, -0.1) is 11.3 Å². The van der Waals surface area contributed by atoms with E-state index in [2.05, 4.69) is 33.5 Å². The molecule has 0 fully saturated rings. The molecule has 1 unspecified atom stereocenters. The van der Waals surface area contributed by atoms with Crippen molar-refractivity contribution in [3.63, 3.8) is 0 Å². The largest absolute Gasteiger partial charge is 0.327 e. The number of hydrogen-bond acceptors (Lipinski definition) is 4. The van der Waals surface area contributed by atoms with Crippen LogP contribution in [0.15, 0.2) is 54.3 Å². The molecule has 0 saturated heterocycles. The van der Waals surface area contributed by atoms with Crippen molar-refractivity contribution in [2.45, 2.75) is 19.4 Å². The van der Waals surface area contributed by atoms with Crippen LogP contribution in [-0.4, -0.2) is 27.3 Å². The summed E-state index contributed by atoms with van der Waals surface area (Å²) in [6.45, 7) is 2.56. The number of aryl methyl sites for hydroxylation is 1. The number of aromatic nitrogens is 2. The molecule has 0 radical (unpaired) electrons. The molecule has 2 aromatic heterocycles. The van der Waals surface area contributed by atoms with E-state index in [9.17, 15) is 4.79 Å². The first-order chi connectivity index (χ1) is 11.8. The Morgan fingerprint density at radius 3 is 2.88 bits per heavy atom. The normalized spacial score (nSPS) is 16.7. The maximum Gasteiger partial charge on any atom is 0.258 e. The fourth-order valence-corrected chi connectivity index (χ4v) is 4.19. The SMILES string of the molecule is Cc1ncncc1C(=O)N1CCc2sccc2C1c1ccccc1. The van der Waals surface area contributed by atoms with Crippen LogP contribution >= 0.6 is 11.3 Å². The third kappa shape index (κ3) is 2.51. The molecule has 1 atom stereocenters. The third-order valence-corrected chi connectivity index (χ3v) is 5.48. The number of carbonyl (C=O) groups is 1. The Labute approximate surface area is 144 Å². The van der Waals surface area contributed by atoms with Crippen LogP contribution in [0.3, 0.4) is 0 Å². The molecule has 3 heterocycles. The highest BCUT2D eigenvalue weighted by Gasteiger charge is 2.33. The first kappa shape index (κ1) is 15.0. The minimum Gasteiger partial charge on any atom is -0.327 e. The lowest BCUT2D eigenvalue weighted by molar-refractivity contribution is 0.0694. The molecule has 1 aliphatic rings. The van der Waals surface area contributed by atoms with Gasteiger partial charge < -0.3 is 4.90 Å². The van der Waals surface area contributed by atoms with Crippen LogP contribution in [0.2, 0.25) is 0 Å². The van der Waals surface area contributed by atoms with Gasteiger partial charge in [0.2, 0.25) is 0 Å². The number of fused-ring (bicyclic) bond motifs is 1. The van der Waals surface area contributed by atoms with E-state index in [1.54, 1.807) is 17.5 Å². The van der Waals surface area contributed by atoms with Crippen LogP contribution in [0.25, 0.3) is 0 Å². The summed E-state index contributed by atoms with van der Waals surface area (Å²) in [5.41, 5.74) is 3.68. The highest BCUT2D eigenvalue weighted by atomic mass is 32.1. The van der Waals surface area contributed by atoms with Gasteiger partial charge in [-0.05, 0) is 35.9 Å². The standard InChI is InChI=1S/C19H17N3OS/c1-13-16(11-20-12-21-13)19(23)22-9-7-17-15(8-10-24-17)18(22)14-5-3-2-4-6-14/h2-6,8,10-12,18H,7,9H2,1H3. The molecule has 0 spiro atoms. The van der Waals surface area contributed by atoms with Gasteiger partial charge in [0.25, 0.3) is 5.91 Å². The van der Waals surface area contributed by atoms with Gasteiger partial charge in [0.15, 0.2) is 0 Å². The molecule has 3 aromatic rings. The number of benzene rings is 1. The fourth-order valence-electron chi connectivity index (χ4n) is 3.29. The summed E-state index contributed by atoms with van der Waals surface area (Å²) >= 11 is 1.77. The number of hydrogen-bond donors (Lipinski definition) is 0. The average molecular weight is 335 g/mol. The predicted molar refractivity (Wildman–Crippen MR) is 94.1 cm³/mol. The lowest BCUT2D eigenvalue weighted by Crippen LogP contribution is -2.40. The Kier molecular flexibility index (Phi) is 3.86. The zero-order valence-electron chi connectivity index (χ0n) is 13.3. The molecule has 0 aliphatic carbocycles. The Bertz CT molecular complexity index is 875. The maximum absolute atomic E-state index is 13.2. The van der Waals surface area contributed by atoms with Gasteiger partial charge in [-0.1, -0.05) is 30.3 Å². The van der Waals surface area contributed by atoms with E-state index in [1.165, 1.54) is 16.8 Å². The van der Waals surface area contributed by atoms with Crippen LogP contribution in [0.5, 0.6) is 0 Å². The average Bonchev–Trinajstić information content (AvgIpc) is 3.10. The van der Waals surface area contributed by atoms with Crippen molar-refractivity contribution in [3.05, 3.63) is 81.6 Å². The van der Waals surface area contributed by atoms with Crippen LogP contribution in [0.4, 0.5) is 0 Å². The van der Waals surface area contributed by atoms with Crippen molar-refractivity contribution in [3.8, 4) is 0 Å². The van der Waals surface area contributed by atoms with Crippen molar-refractivity contribution in [2.24, 2.45) is 0 Å². The molecule has 24 heavy (non-hydrogen) atoms. The number of thiophene rings is 1. The molecule has 5 heteroatoms. The zero-order valence-corrected chi connectivity index (χ0v) is 14.2. The second kappa shape index (κ2) is 6.17. The molecule has 1 aromatic carbocycles. The van der Waals surface area contributed by atoms with Gasteiger partial charge in [0.1, 0.15) is 6.33 Å². The summed E-state index contributed by atoms with van der Waals surface area (Å²) in [7, 11) is 0. The molecule has 0 N–H and O–H groups in total. The third-order valence-electron chi connectivity index (χ3n) is 4.48. The molecular weight excluding hydrogens is 318 g/mol. The molecule has 1 amide bonds. The predicted octanol–water partition coefficient (Wildman–Crippen LogP) is 3.63. The molecule has 4 nitrogen and oxygen atoms in total. The minimum atomic E-state index is -0.0479. The molecule has 0 bridgehead atoms. The van der Waals surface area contributed by atoms with Gasteiger partial charge in [-0.25, -0.2) is 9.97 Å². The number of carbonyl (C=O) groups excluding carboxylic acids is 1. The smallest absolute Gasteiger partial charge is 0.258 e. The topological polar surface area (TPSA) is 46.1 Å². The molecule has 0 saturated carbocycles. The Balaban J connectivity index is 1.80. The van der Waals surface area contributed by atoms with Crippen molar-refractivity contribution in [1.29, 1.82) is 0 Å². The Hall–Kier alpha value is -2.53. The van der Waals surface area contributed by atoms with Crippen LogP contribution in [0.1, 0.15) is 38.1 Å². The number of rotatable bonds is 2. The highest BCUT2D eigenvalue weighted by molar-refractivity contribution is 7.10. The quantitative estimate of drug-likeness (QED) is 0.718. The monoisotopic (exact) mass is 335 g/mol. The van der Waals surface area contributed by atoms with Gasteiger partial charge in [-0.3, -0.25) is 4.79 Å². The van der Waals surface area contributed by atoms with Gasteiger partial charge in [0, 0.05) is 17.6 Å². The lowest BCUT2D eigenvalue weighted by Gasteiger charge is -2.36. The molecule has 1 aliphatic heterocycles. The fraction of sp³-hybridized carbons (Fsp3) is 0.211. The van der Waals surface area contributed by atoms with Crippen LogP contribution < -0.4 is 0 Å². The second-order valence-electron chi connectivity index (χ2n) is 5.88. The van der Waals surface area contributed by atoms with Gasteiger partial charge in [0.05, 0.1) is 17.3 Å². The van der Waals surface area contributed by atoms with Crippen molar-refractivity contribution in [2.75, 3.05) is 6.54 Å². The van der Waals surface area contributed by atoms with Crippen LogP contribution in [0, 0.1) is 6.92 Å². The summed E-state index contributed by atoms with van der Waals surface area (Å²) in [5.74, 6) is -0.00111. The van der Waals surface area contributed by atoms with Gasteiger partial charge >= 0.3 is 0 Å². The van der Waals surface area contributed by atoms with E-state index in [4.69, 9.17) is 0 Å². The van der Waals surface area contributed by atoms with E-state index in [0.29, 0.717) is 12.1 Å². The Morgan fingerprint density at radius 2 is 2.08 bits per heavy atom. The van der Waals surface area contributed by atoms with E-state index in [-0.39, 0.29) is 11.9 Å². The van der Waals surface area contributed by atoms with E-state index < -0.39 is 0 Å². The Morgan fingerprint density at radius 1 is 1.25 bits per heavy atom. The van der Waals surface area contributed by atoms with Gasteiger partial charge in [-0.2, -0.15) is 0 Å². The summed E-state index contributed by atoms with van der Waals surface area (Å²) < 4.78 is 0. The number of nitrogens with zero attached hydrogens (tertiary/aromatic N) is 3. The van der Waals surface area contributed by atoms with E-state index in [1.807, 2.05) is 30.0 Å². The summed E-state index contributed by atoms with van der Waals surface area (Å²) in [6.07, 6.45) is 4.00. The first-order valence-corrected chi connectivity index (χ1v) is 8.82. The first-order valence-electron chi connectivity index (χ1n) is 7.94. The van der Waals surface area contributed by atoms with E-state index in [0.717, 1.165) is 17.7 Å². The molecule has 4 rings (SSSR count). The number of amides is 1. The lowest BCUT2D eigenvalue weighted by atomic mass is 9.92. The van der Waals surface area contributed by atoms with Crippen molar-refractivity contribution in [1.82, 2.24) is 14.9 Å². The molecular formula is C19H17N3OS. The molecule has 120 valence electrons. The van der Waals surface area contributed by atoms with Crippen LogP contribution in [-0.2, 0) is 6.42 Å². The maximum atomic E-state index is 13.2.